The number of benzene rings is 1. The predicted molar refractivity (Wildman–Crippen MR) is 87.7 cm³/mol. The van der Waals surface area contributed by atoms with Gasteiger partial charge in [0.25, 0.3) is 5.91 Å². The highest BCUT2D eigenvalue weighted by atomic mass is 19.4. The van der Waals surface area contributed by atoms with E-state index in [1.165, 1.54) is 0 Å². The number of nitrogens with zero attached hydrogens (tertiary/aromatic N) is 2. The van der Waals surface area contributed by atoms with Crippen LogP contribution >= 0.6 is 0 Å². The fourth-order valence-corrected chi connectivity index (χ4v) is 2.39. The Morgan fingerprint density at radius 1 is 1.25 bits per heavy atom. The van der Waals surface area contributed by atoms with Gasteiger partial charge in [-0.2, -0.15) is 23.3 Å². The first kappa shape index (κ1) is 19.7. The lowest BCUT2D eigenvalue weighted by Crippen LogP contribution is -2.40. The Hall–Kier alpha value is -3.02. The smallest absolute Gasteiger partial charge is 0.379 e. The number of alkyl halides is 3. The lowest BCUT2D eigenvalue weighted by Gasteiger charge is -2.15. The van der Waals surface area contributed by atoms with E-state index in [-0.39, 0.29) is 23.4 Å². The number of amides is 1. The van der Waals surface area contributed by atoms with Crippen molar-refractivity contribution in [2.45, 2.75) is 18.6 Å². The van der Waals surface area contributed by atoms with Crippen LogP contribution in [0.4, 0.5) is 27.8 Å². The van der Waals surface area contributed by atoms with Gasteiger partial charge < -0.3 is 15.4 Å². The predicted octanol–water partition coefficient (Wildman–Crippen LogP) is 2.69. The third-order valence-corrected chi connectivity index (χ3v) is 3.77. The lowest BCUT2D eigenvalue weighted by atomic mass is 10.2. The molecule has 0 radical (unpaired) electrons. The molecule has 0 bridgehead atoms. The molecule has 3 N–H and O–H groups in total. The molecule has 1 unspecified atom stereocenters. The van der Waals surface area contributed by atoms with Gasteiger partial charge in [-0.05, 0) is 24.6 Å². The zero-order valence-corrected chi connectivity index (χ0v) is 14.1. The largest absolute Gasteiger partial charge is 0.435 e. The molecule has 1 fully saturated rings. The molecular formula is C16H14F5N5O2. The van der Waals surface area contributed by atoms with Crippen molar-refractivity contribution in [1.82, 2.24) is 15.5 Å². The Kier molecular flexibility index (Phi) is 5.58. The molecule has 1 aromatic heterocycles. The highest BCUT2D eigenvalue weighted by Gasteiger charge is 2.34. The Morgan fingerprint density at radius 3 is 2.64 bits per heavy atom. The maximum atomic E-state index is 13.3. The summed E-state index contributed by atoms with van der Waals surface area (Å²) in [5.41, 5.74) is -1.39. The third kappa shape index (κ3) is 4.82. The molecule has 1 aromatic carbocycles. The molecule has 1 saturated heterocycles. The van der Waals surface area contributed by atoms with Crippen LogP contribution in [0.2, 0.25) is 0 Å². The molecule has 12 heteroatoms. The number of hydrogen-bond donors (Lipinski definition) is 3. The molecular weight excluding hydrogens is 389 g/mol. The summed E-state index contributed by atoms with van der Waals surface area (Å²) >= 11 is 0. The van der Waals surface area contributed by atoms with E-state index in [2.05, 4.69) is 25.8 Å². The number of halogens is 5. The topological polar surface area (TPSA) is 91.4 Å². The van der Waals surface area contributed by atoms with Crippen molar-refractivity contribution < 1.29 is 31.5 Å². The number of nitrogens with one attached hydrogen (secondary N) is 3. The number of carbonyl (C=O) groups is 1. The number of hydrogen-bond acceptors (Lipinski definition) is 3. The molecule has 7 nitrogen and oxygen atoms in total. The van der Waals surface area contributed by atoms with Crippen LogP contribution in [-0.4, -0.2) is 41.3 Å². The summed E-state index contributed by atoms with van der Waals surface area (Å²) < 4.78 is 69.6. The van der Waals surface area contributed by atoms with Gasteiger partial charge in [-0.25, -0.2) is 8.78 Å². The maximum Gasteiger partial charge on any atom is 0.435 e. The van der Waals surface area contributed by atoms with Crippen LogP contribution in [0.25, 0.3) is 0 Å². The Bertz CT molecular complexity index is 890. The summed E-state index contributed by atoms with van der Waals surface area (Å²) in [4.78, 5) is 16.0. The average molecular weight is 403 g/mol. The van der Waals surface area contributed by atoms with Gasteiger partial charge in [-0.1, -0.05) is 0 Å². The fraction of sp³-hybridized carbons (Fsp3) is 0.312. The second kappa shape index (κ2) is 7.92. The number of anilines is 1. The first-order valence-electron chi connectivity index (χ1n) is 8.04. The van der Waals surface area contributed by atoms with Gasteiger partial charge in [0.2, 0.25) is 5.96 Å². The molecule has 1 aliphatic rings. The summed E-state index contributed by atoms with van der Waals surface area (Å²) in [6.45, 7) is 0.765. The number of guanidine groups is 1. The lowest BCUT2D eigenvalue weighted by molar-refractivity contribution is -0.141. The molecule has 1 atom stereocenters. The van der Waals surface area contributed by atoms with E-state index in [0.717, 1.165) is 12.1 Å². The quantitative estimate of drug-likeness (QED) is 0.417. The summed E-state index contributed by atoms with van der Waals surface area (Å²) in [7, 11) is 0. The van der Waals surface area contributed by atoms with Crippen molar-refractivity contribution >= 4 is 17.7 Å². The molecule has 1 aliphatic heterocycles. The number of aliphatic imine (C=N–C) groups is 1. The summed E-state index contributed by atoms with van der Waals surface area (Å²) in [6, 6.07) is 2.95. The second-order valence-electron chi connectivity index (χ2n) is 5.89. The third-order valence-electron chi connectivity index (χ3n) is 3.77. The molecule has 28 heavy (non-hydrogen) atoms. The average Bonchev–Trinajstić information content (AvgIpc) is 3.28. The van der Waals surface area contributed by atoms with Crippen LogP contribution in [0.15, 0.2) is 29.3 Å². The molecule has 3 rings (SSSR count). The first-order chi connectivity index (χ1) is 13.2. The molecule has 150 valence electrons. The van der Waals surface area contributed by atoms with E-state index in [9.17, 15) is 26.7 Å². The van der Waals surface area contributed by atoms with Crippen LogP contribution in [0.1, 0.15) is 22.5 Å². The Morgan fingerprint density at radius 2 is 2.04 bits per heavy atom. The molecule has 0 aliphatic carbocycles. The van der Waals surface area contributed by atoms with Gasteiger partial charge in [0, 0.05) is 18.2 Å². The number of ether oxygens (including phenoxy) is 1. The molecule has 1 amide bonds. The highest BCUT2D eigenvalue weighted by molar-refractivity contribution is 6.06. The summed E-state index contributed by atoms with van der Waals surface area (Å²) in [6.07, 6.45) is -4.07. The Labute approximate surface area is 155 Å². The SMILES string of the molecule is O=C(/N=C(/Nc1cc(C(F)(F)F)n[nH]1)NC1CCOC1)c1ccc(F)c(F)c1. The monoisotopic (exact) mass is 403 g/mol. The van der Waals surface area contributed by atoms with Gasteiger partial charge in [0.05, 0.1) is 12.6 Å². The zero-order chi connectivity index (χ0) is 20.3. The minimum Gasteiger partial charge on any atom is -0.379 e. The standard InChI is InChI=1S/C16H14F5N5O2/c17-10-2-1-8(5-11(10)18)14(27)24-15(22-9-3-4-28-7-9)23-13-6-12(25-26-13)16(19,20)21/h1-2,5-6,9H,3-4,7H2,(H3,22,23,24,25,26,27). The van der Waals surface area contributed by atoms with Gasteiger partial charge in [-0.15, -0.1) is 0 Å². The van der Waals surface area contributed by atoms with Crippen molar-refractivity contribution in [3.8, 4) is 0 Å². The van der Waals surface area contributed by atoms with Gasteiger partial charge >= 0.3 is 6.18 Å². The van der Waals surface area contributed by atoms with E-state index in [0.29, 0.717) is 31.8 Å². The highest BCUT2D eigenvalue weighted by Crippen LogP contribution is 2.28. The molecule has 0 spiro atoms. The maximum absolute atomic E-state index is 13.3. The summed E-state index contributed by atoms with van der Waals surface area (Å²) in [5, 5.41) is 10.6. The van der Waals surface area contributed by atoms with Crippen LogP contribution in [0, 0.1) is 11.6 Å². The van der Waals surface area contributed by atoms with Crippen LogP contribution in [-0.2, 0) is 10.9 Å². The second-order valence-corrected chi connectivity index (χ2v) is 5.89. The number of aromatic nitrogens is 2. The van der Waals surface area contributed by atoms with E-state index in [4.69, 9.17) is 4.74 Å². The first-order valence-corrected chi connectivity index (χ1v) is 8.04. The van der Waals surface area contributed by atoms with Gasteiger partial charge in [0.1, 0.15) is 5.82 Å². The fourth-order valence-electron chi connectivity index (χ4n) is 2.39. The zero-order valence-electron chi connectivity index (χ0n) is 14.1. The minimum absolute atomic E-state index is 0.171. The van der Waals surface area contributed by atoms with Crippen molar-refractivity contribution in [1.29, 1.82) is 0 Å². The van der Waals surface area contributed by atoms with Crippen molar-refractivity contribution in [2.75, 3.05) is 18.5 Å². The van der Waals surface area contributed by atoms with E-state index >= 15 is 0 Å². The van der Waals surface area contributed by atoms with Crippen LogP contribution in [0.3, 0.4) is 0 Å². The molecule has 0 saturated carbocycles. The number of aromatic amines is 1. The van der Waals surface area contributed by atoms with Gasteiger partial charge in [0.15, 0.2) is 17.3 Å². The van der Waals surface area contributed by atoms with E-state index in [1.54, 1.807) is 0 Å². The number of rotatable bonds is 3. The normalized spacial score (nSPS) is 17.6. The van der Waals surface area contributed by atoms with Crippen molar-refractivity contribution in [3.63, 3.8) is 0 Å². The van der Waals surface area contributed by atoms with Crippen LogP contribution < -0.4 is 10.6 Å². The minimum atomic E-state index is -4.65. The number of carbonyl (C=O) groups excluding carboxylic acids is 1. The molecule has 2 heterocycles. The molecule has 2 aromatic rings. The van der Waals surface area contributed by atoms with Crippen molar-refractivity contribution in [2.24, 2.45) is 4.99 Å². The van der Waals surface area contributed by atoms with E-state index < -0.39 is 29.4 Å². The van der Waals surface area contributed by atoms with Crippen LogP contribution in [0.5, 0.6) is 0 Å². The van der Waals surface area contributed by atoms with Crippen molar-refractivity contribution in [3.05, 3.63) is 47.2 Å². The Balaban J connectivity index is 1.83. The van der Waals surface area contributed by atoms with Gasteiger partial charge in [-0.3, -0.25) is 9.89 Å². The van der Waals surface area contributed by atoms with E-state index in [1.807, 2.05) is 0 Å². The summed E-state index contributed by atoms with van der Waals surface area (Å²) in [5.74, 6) is -3.64. The number of H-pyrrole nitrogens is 1.